The van der Waals surface area contributed by atoms with Gasteiger partial charge < -0.3 is 10.6 Å². The summed E-state index contributed by atoms with van der Waals surface area (Å²) in [5.41, 5.74) is 4.80. The minimum Gasteiger partial charge on any atom is -0.380 e. The van der Waals surface area contributed by atoms with Crippen molar-refractivity contribution in [3.8, 4) is 0 Å². The molecule has 0 aliphatic carbocycles. The maximum atomic E-state index is 3.58. The average molecular weight is 496 g/mol. The molecule has 0 aliphatic heterocycles. The SMILES string of the molecule is Brc1ccc(CNc2ccc(NCc3ccc(Br)cc3)c3ccccc23)cc1. The maximum absolute atomic E-state index is 3.58. The van der Waals surface area contributed by atoms with Gasteiger partial charge in [0, 0.05) is 44.2 Å². The van der Waals surface area contributed by atoms with Crippen molar-refractivity contribution in [2.45, 2.75) is 13.1 Å². The van der Waals surface area contributed by atoms with E-state index in [4.69, 9.17) is 0 Å². The lowest BCUT2D eigenvalue weighted by Crippen LogP contribution is -2.03. The Morgan fingerprint density at radius 1 is 0.500 bits per heavy atom. The molecule has 2 nitrogen and oxygen atoms in total. The van der Waals surface area contributed by atoms with Gasteiger partial charge in [-0.2, -0.15) is 0 Å². The molecule has 140 valence electrons. The lowest BCUT2D eigenvalue weighted by molar-refractivity contribution is 1.14. The van der Waals surface area contributed by atoms with Crippen LogP contribution in [0.3, 0.4) is 0 Å². The normalized spacial score (nSPS) is 10.8. The first-order valence-electron chi connectivity index (χ1n) is 9.17. The van der Waals surface area contributed by atoms with Crippen molar-refractivity contribution in [2.24, 2.45) is 0 Å². The van der Waals surface area contributed by atoms with E-state index in [1.807, 2.05) is 0 Å². The number of fused-ring (bicyclic) bond motifs is 1. The summed E-state index contributed by atoms with van der Waals surface area (Å²) < 4.78 is 2.20. The molecule has 0 unspecified atom stereocenters. The molecule has 0 aliphatic rings. The van der Waals surface area contributed by atoms with Crippen molar-refractivity contribution in [1.82, 2.24) is 0 Å². The molecule has 0 fully saturated rings. The van der Waals surface area contributed by atoms with E-state index < -0.39 is 0 Å². The zero-order chi connectivity index (χ0) is 19.3. The van der Waals surface area contributed by atoms with Gasteiger partial charge in [0.25, 0.3) is 0 Å². The van der Waals surface area contributed by atoms with Crippen molar-refractivity contribution in [3.05, 3.63) is 105 Å². The molecule has 4 heteroatoms. The second-order valence-electron chi connectivity index (χ2n) is 6.67. The monoisotopic (exact) mass is 494 g/mol. The molecule has 4 rings (SSSR count). The first-order chi connectivity index (χ1) is 13.7. The molecule has 0 amide bonds. The fourth-order valence-electron chi connectivity index (χ4n) is 3.21. The third-order valence-corrected chi connectivity index (χ3v) is 5.77. The summed E-state index contributed by atoms with van der Waals surface area (Å²) in [6.45, 7) is 1.59. The second-order valence-corrected chi connectivity index (χ2v) is 8.50. The van der Waals surface area contributed by atoms with Crippen molar-refractivity contribution in [3.63, 3.8) is 0 Å². The molecule has 2 N–H and O–H groups in total. The van der Waals surface area contributed by atoms with Crippen LogP contribution >= 0.6 is 31.9 Å². The van der Waals surface area contributed by atoms with Crippen molar-refractivity contribution < 1.29 is 0 Å². The van der Waals surface area contributed by atoms with E-state index in [2.05, 4.69) is 127 Å². The number of anilines is 2. The van der Waals surface area contributed by atoms with Gasteiger partial charge in [-0.3, -0.25) is 0 Å². The molecule has 0 aromatic heterocycles. The minimum atomic E-state index is 0.795. The highest BCUT2D eigenvalue weighted by Crippen LogP contribution is 2.31. The van der Waals surface area contributed by atoms with E-state index in [0.29, 0.717) is 0 Å². The van der Waals surface area contributed by atoms with E-state index in [1.54, 1.807) is 0 Å². The Labute approximate surface area is 182 Å². The van der Waals surface area contributed by atoms with Crippen LogP contribution in [-0.2, 0) is 13.1 Å². The summed E-state index contributed by atoms with van der Waals surface area (Å²) in [6.07, 6.45) is 0. The topological polar surface area (TPSA) is 24.1 Å². The summed E-state index contributed by atoms with van der Waals surface area (Å²) in [7, 11) is 0. The average Bonchev–Trinajstić information content (AvgIpc) is 2.73. The van der Waals surface area contributed by atoms with E-state index in [1.165, 1.54) is 21.9 Å². The Kier molecular flexibility index (Phi) is 5.98. The highest BCUT2D eigenvalue weighted by atomic mass is 79.9. The van der Waals surface area contributed by atoms with Gasteiger partial charge in [-0.1, -0.05) is 80.4 Å². The first kappa shape index (κ1) is 19.0. The predicted molar refractivity (Wildman–Crippen MR) is 127 cm³/mol. The van der Waals surface area contributed by atoms with Crippen LogP contribution in [0.5, 0.6) is 0 Å². The lowest BCUT2D eigenvalue weighted by Gasteiger charge is -2.15. The summed E-state index contributed by atoms with van der Waals surface area (Å²) in [6, 6.07) is 29.7. The third-order valence-electron chi connectivity index (χ3n) is 4.72. The molecule has 0 atom stereocenters. The van der Waals surface area contributed by atoms with Crippen molar-refractivity contribution in [1.29, 1.82) is 0 Å². The number of hydrogen-bond acceptors (Lipinski definition) is 2. The molecule has 0 saturated heterocycles. The molecule has 0 spiro atoms. The molecule has 4 aromatic carbocycles. The van der Waals surface area contributed by atoms with Crippen LogP contribution < -0.4 is 10.6 Å². The highest BCUT2D eigenvalue weighted by molar-refractivity contribution is 9.10. The Morgan fingerprint density at radius 3 is 1.29 bits per heavy atom. The van der Waals surface area contributed by atoms with Crippen LogP contribution in [0.1, 0.15) is 11.1 Å². The molecule has 0 heterocycles. The van der Waals surface area contributed by atoms with E-state index >= 15 is 0 Å². The van der Waals surface area contributed by atoms with Crippen molar-refractivity contribution >= 4 is 54.0 Å². The number of benzene rings is 4. The van der Waals surface area contributed by atoms with Crippen LogP contribution in [0.15, 0.2) is 93.9 Å². The fraction of sp³-hybridized carbons (Fsp3) is 0.0833. The molecule has 0 radical (unpaired) electrons. The van der Waals surface area contributed by atoms with Gasteiger partial charge >= 0.3 is 0 Å². The molecule has 4 aromatic rings. The number of halogens is 2. The Balaban J connectivity index is 1.54. The quantitative estimate of drug-likeness (QED) is 0.288. The maximum Gasteiger partial charge on any atom is 0.0424 e. The second kappa shape index (κ2) is 8.80. The molecule has 0 bridgehead atoms. The van der Waals surface area contributed by atoms with E-state index in [-0.39, 0.29) is 0 Å². The summed E-state index contributed by atoms with van der Waals surface area (Å²) >= 11 is 6.97. The van der Waals surface area contributed by atoms with Gasteiger partial charge in [0.05, 0.1) is 0 Å². The number of nitrogens with one attached hydrogen (secondary N) is 2. The first-order valence-corrected chi connectivity index (χ1v) is 10.8. The van der Waals surface area contributed by atoms with E-state index in [9.17, 15) is 0 Å². The molecule has 0 saturated carbocycles. The van der Waals surface area contributed by atoms with Gasteiger partial charge in [-0.05, 0) is 47.5 Å². The van der Waals surface area contributed by atoms with Gasteiger partial charge in [-0.15, -0.1) is 0 Å². The van der Waals surface area contributed by atoms with Crippen LogP contribution in [0, 0.1) is 0 Å². The van der Waals surface area contributed by atoms with Crippen LogP contribution in [0.4, 0.5) is 11.4 Å². The highest BCUT2D eigenvalue weighted by Gasteiger charge is 2.06. The summed E-state index contributed by atoms with van der Waals surface area (Å²) in [5.74, 6) is 0. The van der Waals surface area contributed by atoms with Crippen LogP contribution in [0.2, 0.25) is 0 Å². The largest absolute Gasteiger partial charge is 0.380 e. The van der Waals surface area contributed by atoms with Crippen molar-refractivity contribution in [2.75, 3.05) is 10.6 Å². The molecular weight excluding hydrogens is 476 g/mol. The summed E-state index contributed by atoms with van der Waals surface area (Å²) in [5, 5.41) is 9.61. The van der Waals surface area contributed by atoms with Gasteiger partial charge in [-0.25, -0.2) is 0 Å². The van der Waals surface area contributed by atoms with Gasteiger partial charge in [0.1, 0.15) is 0 Å². The zero-order valence-electron chi connectivity index (χ0n) is 15.3. The fourth-order valence-corrected chi connectivity index (χ4v) is 3.74. The molecular formula is C24H20Br2N2. The predicted octanol–water partition coefficient (Wildman–Crippen LogP) is 7.59. The molecule has 28 heavy (non-hydrogen) atoms. The number of rotatable bonds is 6. The van der Waals surface area contributed by atoms with Gasteiger partial charge in [0.15, 0.2) is 0 Å². The van der Waals surface area contributed by atoms with E-state index in [0.717, 1.165) is 33.4 Å². The summed E-state index contributed by atoms with van der Waals surface area (Å²) in [4.78, 5) is 0. The van der Waals surface area contributed by atoms with Crippen LogP contribution in [0.25, 0.3) is 10.8 Å². The Morgan fingerprint density at radius 2 is 0.893 bits per heavy atom. The third kappa shape index (κ3) is 4.57. The lowest BCUT2D eigenvalue weighted by atomic mass is 10.1. The van der Waals surface area contributed by atoms with Crippen LogP contribution in [-0.4, -0.2) is 0 Å². The standard InChI is InChI=1S/C24H20Br2N2/c25-19-9-5-17(6-10-19)15-27-23-13-14-24(22-4-2-1-3-21(22)23)28-16-18-7-11-20(26)12-8-18/h1-14,27-28H,15-16H2. The van der Waals surface area contributed by atoms with Gasteiger partial charge in [0.2, 0.25) is 0 Å². The smallest absolute Gasteiger partial charge is 0.0424 e. The minimum absolute atomic E-state index is 0.795. The Hall–Kier alpha value is -2.30. The zero-order valence-corrected chi connectivity index (χ0v) is 18.4. The Bertz CT molecular complexity index is 986. The number of hydrogen-bond donors (Lipinski definition) is 2.